The Labute approximate surface area is 143 Å². The van der Waals surface area contributed by atoms with Crippen molar-refractivity contribution in [1.82, 2.24) is 10.6 Å². The highest BCUT2D eigenvalue weighted by Gasteiger charge is 2.33. The Morgan fingerprint density at radius 1 is 1.25 bits per heavy atom. The lowest BCUT2D eigenvalue weighted by Crippen LogP contribution is -2.42. The molecule has 2 aromatic heterocycles. The quantitative estimate of drug-likeness (QED) is 0.747. The molecule has 24 heavy (non-hydrogen) atoms. The van der Waals surface area contributed by atoms with E-state index in [0.29, 0.717) is 0 Å². The molecule has 1 unspecified atom stereocenters. The number of nitrogens with one attached hydrogen (secondary N) is 2. The molecule has 1 aliphatic rings. The van der Waals surface area contributed by atoms with Gasteiger partial charge in [-0.3, -0.25) is 9.59 Å². The van der Waals surface area contributed by atoms with E-state index in [1.165, 1.54) is 18.4 Å². The van der Waals surface area contributed by atoms with Gasteiger partial charge in [0, 0.05) is 12.6 Å². The van der Waals surface area contributed by atoms with Crippen molar-refractivity contribution < 1.29 is 22.4 Å². The molecule has 0 spiro atoms. The summed E-state index contributed by atoms with van der Waals surface area (Å²) in [4.78, 5) is 23.5. The molecule has 7 nitrogen and oxygen atoms in total. The third-order valence-corrected chi connectivity index (χ3v) is 7.07. The van der Waals surface area contributed by atoms with Gasteiger partial charge in [-0.15, -0.1) is 11.3 Å². The maximum atomic E-state index is 12.8. The van der Waals surface area contributed by atoms with Crippen LogP contribution < -0.4 is 10.6 Å². The van der Waals surface area contributed by atoms with Gasteiger partial charge in [0.25, 0.3) is 0 Å². The second-order valence-corrected chi connectivity index (χ2v) is 8.74. The smallest absolute Gasteiger partial charge is 0.309 e. The van der Waals surface area contributed by atoms with Crippen molar-refractivity contribution in [2.75, 3.05) is 6.54 Å². The van der Waals surface area contributed by atoms with Gasteiger partial charge in [0.1, 0.15) is 15.2 Å². The van der Waals surface area contributed by atoms with Crippen LogP contribution >= 0.6 is 11.3 Å². The number of carbonyl (C=O) groups excluding carboxylic acids is 2. The van der Waals surface area contributed by atoms with Gasteiger partial charge < -0.3 is 15.1 Å². The van der Waals surface area contributed by atoms with E-state index >= 15 is 0 Å². The molecule has 2 N–H and O–H groups in total. The number of carbonyl (C=O) groups is 2. The summed E-state index contributed by atoms with van der Waals surface area (Å²) >= 11 is 1.09. The minimum absolute atomic E-state index is 0.0546. The second-order valence-electron chi connectivity index (χ2n) is 5.44. The monoisotopic (exact) mass is 368 g/mol. The summed E-state index contributed by atoms with van der Waals surface area (Å²) in [5.74, 6) is -1.38. The van der Waals surface area contributed by atoms with Crippen molar-refractivity contribution in [3.05, 3.63) is 41.7 Å². The molecule has 1 aliphatic carbocycles. The van der Waals surface area contributed by atoms with Gasteiger partial charge in [0.05, 0.1) is 6.26 Å². The number of rotatable bonds is 6. The molecular formula is C15H16N2O5S2. The Bertz CT molecular complexity index is 808. The fourth-order valence-electron chi connectivity index (χ4n) is 2.15. The topological polar surface area (TPSA) is 105 Å². The molecule has 1 saturated carbocycles. The van der Waals surface area contributed by atoms with Gasteiger partial charge in [-0.2, -0.15) is 0 Å². The summed E-state index contributed by atoms with van der Waals surface area (Å²) in [5, 5.41) is 5.51. The van der Waals surface area contributed by atoms with Crippen LogP contribution in [0.25, 0.3) is 0 Å². The lowest BCUT2D eigenvalue weighted by molar-refractivity contribution is -0.139. The van der Waals surface area contributed by atoms with Crippen LogP contribution in [0.1, 0.15) is 23.9 Å². The first kappa shape index (κ1) is 16.7. The SMILES string of the molecule is O=C(NCC(c1ccco1)S(=O)(=O)c1cccs1)C(=O)NC1CC1. The minimum Gasteiger partial charge on any atom is -0.468 e. The number of hydrogen-bond acceptors (Lipinski definition) is 6. The zero-order valence-electron chi connectivity index (χ0n) is 12.6. The van der Waals surface area contributed by atoms with E-state index in [9.17, 15) is 18.0 Å². The highest BCUT2D eigenvalue weighted by atomic mass is 32.2. The van der Waals surface area contributed by atoms with Crippen molar-refractivity contribution >= 4 is 33.0 Å². The van der Waals surface area contributed by atoms with Crippen LogP contribution in [-0.4, -0.2) is 32.8 Å². The molecule has 1 fully saturated rings. The summed E-state index contributed by atoms with van der Waals surface area (Å²) in [6.45, 7) is -0.245. The van der Waals surface area contributed by atoms with Crippen molar-refractivity contribution in [3.8, 4) is 0 Å². The van der Waals surface area contributed by atoms with Crippen molar-refractivity contribution in [2.45, 2.75) is 28.3 Å². The highest BCUT2D eigenvalue weighted by molar-refractivity contribution is 7.93. The predicted octanol–water partition coefficient (Wildman–Crippen LogP) is 1.25. The van der Waals surface area contributed by atoms with E-state index in [-0.39, 0.29) is 22.6 Å². The van der Waals surface area contributed by atoms with Gasteiger partial charge in [-0.25, -0.2) is 8.42 Å². The Balaban J connectivity index is 1.74. The summed E-state index contributed by atoms with van der Waals surface area (Å²) in [6.07, 6.45) is 3.09. The fraction of sp³-hybridized carbons (Fsp3) is 0.333. The van der Waals surface area contributed by atoms with Gasteiger partial charge in [-0.05, 0) is 36.4 Å². The summed E-state index contributed by atoms with van der Waals surface area (Å²) < 4.78 is 30.9. The van der Waals surface area contributed by atoms with E-state index in [4.69, 9.17) is 4.42 Å². The van der Waals surface area contributed by atoms with Gasteiger partial charge in [0.2, 0.25) is 0 Å². The third kappa shape index (κ3) is 3.68. The lowest BCUT2D eigenvalue weighted by atomic mass is 10.3. The van der Waals surface area contributed by atoms with Crippen LogP contribution in [0, 0.1) is 0 Å². The van der Waals surface area contributed by atoms with Crippen LogP contribution in [0.2, 0.25) is 0 Å². The van der Waals surface area contributed by atoms with E-state index < -0.39 is 26.9 Å². The molecule has 0 aliphatic heterocycles. The van der Waals surface area contributed by atoms with E-state index in [0.717, 1.165) is 24.2 Å². The molecule has 0 bridgehead atoms. The summed E-state index contributed by atoms with van der Waals surface area (Å²) in [7, 11) is -3.73. The standard InChI is InChI=1S/C15H16N2O5S2/c18-14(15(19)17-10-5-6-10)16-9-12(11-3-1-7-22-11)24(20,21)13-4-2-8-23-13/h1-4,7-8,10,12H,5-6,9H2,(H,16,18)(H,17,19). The van der Waals surface area contributed by atoms with Crippen LogP contribution in [0.15, 0.2) is 44.5 Å². The number of thiophene rings is 1. The molecule has 1 atom stereocenters. The zero-order chi connectivity index (χ0) is 17.2. The van der Waals surface area contributed by atoms with E-state index in [1.54, 1.807) is 17.5 Å². The number of hydrogen-bond donors (Lipinski definition) is 2. The average Bonchev–Trinajstić information content (AvgIpc) is 3.03. The number of furan rings is 1. The summed E-state index contributed by atoms with van der Waals surface area (Å²) in [5.41, 5.74) is 0. The molecule has 2 aromatic rings. The molecule has 0 saturated heterocycles. The van der Waals surface area contributed by atoms with Crippen LogP contribution in [0.5, 0.6) is 0 Å². The van der Waals surface area contributed by atoms with Crippen LogP contribution in [0.4, 0.5) is 0 Å². The first-order valence-electron chi connectivity index (χ1n) is 7.38. The Morgan fingerprint density at radius 3 is 2.62 bits per heavy atom. The van der Waals surface area contributed by atoms with Gasteiger partial charge in [-0.1, -0.05) is 6.07 Å². The Hall–Kier alpha value is -2.13. The van der Waals surface area contributed by atoms with Crippen molar-refractivity contribution in [2.24, 2.45) is 0 Å². The molecule has 2 heterocycles. The molecule has 9 heteroatoms. The highest BCUT2D eigenvalue weighted by Crippen LogP contribution is 2.31. The van der Waals surface area contributed by atoms with Crippen LogP contribution in [0.3, 0.4) is 0 Å². The summed E-state index contributed by atoms with van der Waals surface area (Å²) in [6, 6.07) is 6.30. The second kappa shape index (κ2) is 6.78. The Morgan fingerprint density at radius 2 is 2.04 bits per heavy atom. The average molecular weight is 368 g/mol. The molecule has 2 amide bonds. The predicted molar refractivity (Wildman–Crippen MR) is 87.1 cm³/mol. The van der Waals surface area contributed by atoms with Gasteiger partial charge in [0.15, 0.2) is 9.84 Å². The normalized spacial score (nSPS) is 15.7. The maximum absolute atomic E-state index is 12.8. The van der Waals surface area contributed by atoms with Gasteiger partial charge >= 0.3 is 11.8 Å². The maximum Gasteiger partial charge on any atom is 0.309 e. The first-order valence-corrected chi connectivity index (χ1v) is 9.80. The lowest BCUT2D eigenvalue weighted by Gasteiger charge is -2.15. The molecule has 0 radical (unpaired) electrons. The molecule has 3 rings (SSSR count). The minimum atomic E-state index is -3.73. The molecular weight excluding hydrogens is 352 g/mol. The molecule has 0 aromatic carbocycles. The third-order valence-electron chi connectivity index (χ3n) is 3.58. The fourth-order valence-corrected chi connectivity index (χ4v) is 4.94. The zero-order valence-corrected chi connectivity index (χ0v) is 14.2. The van der Waals surface area contributed by atoms with E-state index in [2.05, 4.69) is 10.6 Å². The molecule has 128 valence electrons. The van der Waals surface area contributed by atoms with E-state index in [1.807, 2.05) is 0 Å². The first-order chi connectivity index (χ1) is 11.5. The van der Waals surface area contributed by atoms with Crippen molar-refractivity contribution in [1.29, 1.82) is 0 Å². The largest absolute Gasteiger partial charge is 0.468 e. The number of amides is 2. The Kier molecular flexibility index (Phi) is 4.72. The number of sulfone groups is 1. The van der Waals surface area contributed by atoms with Crippen LogP contribution in [-0.2, 0) is 19.4 Å². The van der Waals surface area contributed by atoms with Crippen molar-refractivity contribution in [3.63, 3.8) is 0 Å².